The Morgan fingerprint density at radius 1 is 1.02 bits per heavy atom. The molecular formula is C29H36F4N4O3. The van der Waals surface area contributed by atoms with Crippen LogP contribution in [0.5, 0.6) is 0 Å². The van der Waals surface area contributed by atoms with Gasteiger partial charge in [0.15, 0.2) is 5.69 Å². The van der Waals surface area contributed by atoms with Crippen molar-refractivity contribution in [1.82, 2.24) is 20.0 Å². The van der Waals surface area contributed by atoms with Crippen molar-refractivity contribution < 1.29 is 31.9 Å². The largest absolute Gasteiger partial charge is 0.444 e. The highest BCUT2D eigenvalue weighted by Crippen LogP contribution is 2.54. The average Bonchev–Trinajstić information content (AvgIpc) is 3.23. The van der Waals surface area contributed by atoms with Crippen LogP contribution >= 0.6 is 0 Å². The third-order valence-corrected chi connectivity index (χ3v) is 8.70. The number of benzene rings is 1. The van der Waals surface area contributed by atoms with Crippen LogP contribution in [0, 0.1) is 11.2 Å². The van der Waals surface area contributed by atoms with E-state index in [2.05, 4.69) is 10.4 Å². The first kappa shape index (κ1) is 28.4. The number of alkyl carbamates (subject to hydrolysis) is 1. The van der Waals surface area contributed by atoms with Crippen LogP contribution in [0.2, 0.25) is 0 Å². The summed E-state index contributed by atoms with van der Waals surface area (Å²) in [7, 11) is 0. The van der Waals surface area contributed by atoms with E-state index in [1.54, 1.807) is 4.90 Å². The number of alkyl halides is 3. The van der Waals surface area contributed by atoms with E-state index in [1.807, 2.05) is 20.8 Å². The molecule has 0 radical (unpaired) electrons. The van der Waals surface area contributed by atoms with E-state index in [4.69, 9.17) is 4.74 Å². The van der Waals surface area contributed by atoms with Gasteiger partial charge in [0.05, 0.1) is 18.8 Å². The van der Waals surface area contributed by atoms with Gasteiger partial charge < -0.3 is 15.0 Å². The third-order valence-electron chi connectivity index (χ3n) is 8.70. The molecular weight excluding hydrogens is 528 g/mol. The predicted molar refractivity (Wildman–Crippen MR) is 139 cm³/mol. The molecule has 218 valence electrons. The quantitative estimate of drug-likeness (QED) is 0.454. The summed E-state index contributed by atoms with van der Waals surface area (Å²) in [5.41, 5.74) is -0.844. The summed E-state index contributed by atoms with van der Waals surface area (Å²) in [5.74, 6) is -0.495. The van der Waals surface area contributed by atoms with E-state index >= 15 is 0 Å². The van der Waals surface area contributed by atoms with Gasteiger partial charge in [0.2, 0.25) is 5.91 Å². The zero-order valence-corrected chi connectivity index (χ0v) is 23.2. The van der Waals surface area contributed by atoms with Crippen molar-refractivity contribution >= 4 is 12.0 Å². The molecule has 40 heavy (non-hydrogen) atoms. The second-order valence-electron chi connectivity index (χ2n) is 12.7. The van der Waals surface area contributed by atoms with E-state index in [-0.39, 0.29) is 48.5 Å². The van der Waals surface area contributed by atoms with Crippen LogP contribution in [0.1, 0.15) is 88.2 Å². The molecule has 1 aliphatic heterocycles. The minimum absolute atomic E-state index is 0.0530. The van der Waals surface area contributed by atoms with Gasteiger partial charge in [0.1, 0.15) is 11.4 Å². The Hall–Kier alpha value is -3.11. The van der Waals surface area contributed by atoms with Gasteiger partial charge in [-0.05, 0) is 88.8 Å². The molecule has 3 fully saturated rings. The lowest BCUT2D eigenvalue weighted by Crippen LogP contribution is -2.58. The van der Waals surface area contributed by atoms with Crippen molar-refractivity contribution in [1.29, 1.82) is 0 Å². The van der Waals surface area contributed by atoms with Crippen LogP contribution < -0.4 is 5.32 Å². The number of hydrogen-bond acceptors (Lipinski definition) is 4. The number of aromatic nitrogens is 2. The number of rotatable bonds is 5. The number of carbonyl (C=O) groups excluding carboxylic acids is 2. The molecule has 0 atom stereocenters. The molecule has 0 saturated heterocycles. The standard InChI is InChI=1S/C29H36F4N4O3/c1-26(2,3)40-25(39)34-28-12-9-27(10-13-28,11-14-28)16-23(38)36-15-8-21-22(18-36)37(35-24(21)29(31,32)33)17-19-4-6-20(30)7-5-19/h4-7H,8-18H2,1-3H3,(H,34,39). The van der Waals surface area contributed by atoms with Crippen molar-refractivity contribution in [2.75, 3.05) is 6.54 Å². The summed E-state index contributed by atoms with van der Waals surface area (Å²) in [6, 6.07) is 5.56. The fraction of sp³-hybridized carbons (Fsp3) is 0.621. The third kappa shape index (κ3) is 5.98. The lowest BCUT2D eigenvalue weighted by atomic mass is 9.56. The Labute approximate surface area is 231 Å². The molecule has 7 nitrogen and oxygen atoms in total. The molecule has 3 saturated carbocycles. The van der Waals surface area contributed by atoms with Gasteiger partial charge in [-0.15, -0.1) is 0 Å². The Balaban J connectivity index is 1.26. The SMILES string of the molecule is CC(C)(C)OC(=O)NC12CCC(CC(=O)N3CCc4c(C(F)(F)F)nn(Cc5ccc(F)cc5)c4C3)(CC1)CC2. The number of nitrogens with zero attached hydrogens (tertiary/aromatic N) is 3. The summed E-state index contributed by atoms with van der Waals surface area (Å²) < 4.78 is 61.5. The van der Waals surface area contributed by atoms with Gasteiger partial charge in [-0.25, -0.2) is 9.18 Å². The first-order valence-electron chi connectivity index (χ1n) is 13.9. The molecule has 2 aromatic rings. The summed E-state index contributed by atoms with van der Waals surface area (Å²) in [6.07, 6.45) is 0.0928. The minimum atomic E-state index is -4.60. The maximum absolute atomic E-state index is 13.8. The minimum Gasteiger partial charge on any atom is -0.444 e. The monoisotopic (exact) mass is 564 g/mol. The second kappa shape index (κ2) is 10.1. The number of ether oxygens (including phenoxy) is 1. The topological polar surface area (TPSA) is 76.5 Å². The van der Waals surface area contributed by atoms with Gasteiger partial charge in [0, 0.05) is 24.1 Å². The highest BCUT2D eigenvalue weighted by atomic mass is 19.4. The van der Waals surface area contributed by atoms with E-state index < -0.39 is 29.4 Å². The van der Waals surface area contributed by atoms with Crippen LogP contribution in [0.4, 0.5) is 22.4 Å². The summed E-state index contributed by atoms with van der Waals surface area (Å²) in [5, 5.41) is 6.98. The molecule has 1 N–H and O–H groups in total. The Morgan fingerprint density at radius 2 is 1.65 bits per heavy atom. The van der Waals surface area contributed by atoms with Crippen molar-refractivity contribution in [2.24, 2.45) is 5.41 Å². The van der Waals surface area contributed by atoms with Gasteiger partial charge >= 0.3 is 12.3 Å². The Bertz CT molecular complexity index is 1260. The zero-order valence-electron chi connectivity index (χ0n) is 23.2. The van der Waals surface area contributed by atoms with E-state index in [9.17, 15) is 27.2 Å². The van der Waals surface area contributed by atoms with Gasteiger partial charge in [-0.1, -0.05) is 12.1 Å². The van der Waals surface area contributed by atoms with E-state index in [0.717, 1.165) is 38.5 Å². The fourth-order valence-corrected chi connectivity index (χ4v) is 6.48. The number of nitrogens with one attached hydrogen (secondary N) is 1. The molecule has 1 aromatic heterocycles. The first-order valence-corrected chi connectivity index (χ1v) is 13.9. The second-order valence-corrected chi connectivity index (χ2v) is 12.7. The number of halogens is 4. The summed E-state index contributed by atoms with van der Waals surface area (Å²) in [4.78, 5) is 27.6. The Morgan fingerprint density at radius 3 is 2.23 bits per heavy atom. The maximum Gasteiger partial charge on any atom is 0.435 e. The zero-order chi connectivity index (χ0) is 28.9. The Kier molecular flexibility index (Phi) is 7.15. The number of fused-ring (bicyclic) bond motifs is 4. The van der Waals surface area contributed by atoms with Crippen molar-refractivity contribution in [3.63, 3.8) is 0 Å². The van der Waals surface area contributed by atoms with E-state index in [0.29, 0.717) is 17.7 Å². The van der Waals surface area contributed by atoms with Gasteiger partial charge in [0.25, 0.3) is 0 Å². The first-order chi connectivity index (χ1) is 18.7. The summed E-state index contributed by atoms with van der Waals surface area (Å²) >= 11 is 0. The highest BCUT2D eigenvalue weighted by molar-refractivity contribution is 5.77. The molecule has 11 heteroatoms. The number of hydrogen-bond donors (Lipinski definition) is 1. The smallest absolute Gasteiger partial charge is 0.435 e. The molecule has 2 bridgehead atoms. The van der Waals surface area contributed by atoms with Crippen LogP contribution in [-0.2, 0) is 35.2 Å². The lowest BCUT2D eigenvalue weighted by molar-refractivity contribution is -0.142. The average molecular weight is 565 g/mol. The van der Waals surface area contributed by atoms with Crippen molar-refractivity contribution in [3.05, 3.63) is 52.6 Å². The highest BCUT2D eigenvalue weighted by Gasteiger charge is 2.51. The van der Waals surface area contributed by atoms with Crippen LogP contribution in [0.25, 0.3) is 0 Å². The lowest BCUT2D eigenvalue weighted by Gasteiger charge is -2.53. The number of amides is 2. The fourth-order valence-electron chi connectivity index (χ4n) is 6.48. The molecule has 0 spiro atoms. The van der Waals surface area contributed by atoms with Crippen LogP contribution in [0.3, 0.4) is 0 Å². The normalized spacial score (nSPS) is 24.5. The molecule has 4 aliphatic rings. The van der Waals surface area contributed by atoms with Crippen LogP contribution in [-0.4, -0.2) is 44.4 Å². The predicted octanol–water partition coefficient (Wildman–Crippen LogP) is 5.98. The van der Waals surface area contributed by atoms with Crippen LogP contribution in [0.15, 0.2) is 24.3 Å². The summed E-state index contributed by atoms with van der Waals surface area (Å²) in [6.45, 7) is 5.79. The molecule has 1 aromatic carbocycles. The van der Waals surface area contributed by atoms with Gasteiger partial charge in [-0.3, -0.25) is 9.48 Å². The number of carbonyl (C=O) groups is 2. The molecule has 6 rings (SSSR count). The molecule has 2 heterocycles. The van der Waals surface area contributed by atoms with Gasteiger partial charge in [-0.2, -0.15) is 18.3 Å². The molecule has 3 aliphatic carbocycles. The maximum atomic E-state index is 13.8. The van der Waals surface area contributed by atoms with E-state index in [1.165, 1.54) is 28.9 Å². The molecule has 2 amide bonds. The van der Waals surface area contributed by atoms with Crippen molar-refractivity contribution in [2.45, 2.75) is 103 Å². The molecule has 0 unspecified atom stereocenters. The van der Waals surface area contributed by atoms with Crippen molar-refractivity contribution in [3.8, 4) is 0 Å².